The first-order valence-electron chi connectivity index (χ1n) is 14.4. The molecule has 2 aliphatic heterocycles. The third-order valence-electron chi connectivity index (χ3n) is 8.61. The summed E-state index contributed by atoms with van der Waals surface area (Å²) in [4.78, 5) is 7.61. The topological polar surface area (TPSA) is 25.5 Å². The maximum Gasteiger partial charge on any atom is 0.215 e. The predicted molar refractivity (Wildman–Crippen MR) is 175 cm³/mol. The maximum absolute atomic E-state index is 5.25. The molecule has 7 aromatic rings. The summed E-state index contributed by atoms with van der Waals surface area (Å²) in [5.74, 6) is 0.917. The molecule has 4 heteroatoms. The van der Waals surface area contributed by atoms with Gasteiger partial charge in [-0.25, -0.2) is 4.99 Å². The minimum atomic E-state index is 0.752. The Morgan fingerprint density at radius 2 is 1.43 bits per heavy atom. The Morgan fingerprint density at radius 3 is 2.36 bits per heavy atom. The first-order valence-corrected chi connectivity index (χ1v) is 14.4. The summed E-state index contributed by atoms with van der Waals surface area (Å²) in [5.41, 5.74) is 8.17. The van der Waals surface area contributed by atoms with Gasteiger partial charge in [-0.3, -0.25) is 4.57 Å². The van der Waals surface area contributed by atoms with Gasteiger partial charge in [0.25, 0.3) is 0 Å². The molecule has 4 nitrogen and oxygen atoms in total. The number of rotatable bonds is 2. The molecule has 2 aliphatic rings. The molecule has 5 aromatic carbocycles. The van der Waals surface area contributed by atoms with Gasteiger partial charge in [0.05, 0.1) is 22.2 Å². The van der Waals surface area contributed by atoms with Gasteiger partial charge in [0.2, 0.25) is 5.96 Å². The predicted octanol–water partition coefficient (Wildman–Crippen LogP) is 8.91. The first-order chi connectivity index (χ1) is 20.9. The minimum absolute atomic E-state index is 0.752. The SMILES string of the molecule is C1=CCN2C(=C1)C(c1cccc3ccccc13)=CN=C2n1c2ccccc2c2ccc3c(ccn3-c3ccccc3)c21. The number of para-hydroxylation sites is 2. The van der Waals surface area contributed by atoms with Crippen molar-refractivity contribution in [2.45, 2.75) is 0 Å². The second-order valence-electron chi connectivity index (χ2n) is 10.9. The highest BCUT2D eigenvalue weighted by molar-refractivity contribution is 6.22. The molecule has 0 saturated heterocycles. The van der Waals surface area contributed by atoms with Crippen molar-refractivity contribution in [2.75, 3.05) is 6.54 Å². The fourth-order valence-electron chi connectivity index (χ4n) is 6.74. The average molecular weight is 539 g/mol. The van der Waals surface area contributed by atoms with Crippen LogP contribution in [0.1, 0.15) is 5.56 Å². The zero-order chi connectivity index (χ0) is 27.6. The third kappa shape index (κ3) is 3.26. The van der Waals surface area contributed by atoms with E-state index in [4.69, 9.17) is 4.99 Å². The Labute approximate surface area is 243 Å². The molecule has 0 N–H and O–H groups in total. The van der Waals surface area contributed by atoms with Crippen LogP contribution in [-0.4, -0.2) is 26.5 Å². The van der Waals surface area contributed by atoms with Gasteiger partial charge in [-0.1, -0.05) is 97.1 Å². The molecule has 0 spiro atoms. The van der Waals surface area contributed by atoms with Crippen LogP contribution in [0.2, 0.25) is 0 Å². The monoisotopic (exact) mass is 538 g/mol. The van der Waals surface area contributed by atoms with E-state index in [9.17, 15) is 0 Å². The Morgan fingerprint density at radius 1 is 0.619 bits per heavy atom. The van der Waals surface area contributed by atoms with Crippen molar-refractivity contribution in [3.8, 4) is 5.69 Å². The molecular formula is C38H26N4. The lowest BCUT2D eigenvalue weighted by atomic mass is 9.94. The normalized spacial score (nSPS) is 14.9. The second kappa shape index (κ2) is 8.95. The van der Waals surface area contributed by atoms with E-state index in [0.29, 0.717) is 0 Å². The van der Waals surface area contributed by atoms with Crippen molar-refractivity contribution in [3.05, 3.63) is 157 Å². The van der Waals surface area contributed by atoms with Crippen molar-refractivity contribution >= 4 is 55.0 Å². The van der Waals surface area contributed by atoms with Crippen LogP contribution in [0, 0.1) is 0 Å². The van der Waals surface area contributed by atoms with E-state index in [-0.39, 0.29) is 0 Å². The van der Waals surface area contributed by atoms with Gasteiger partial charge in [0.15, 0.2) is 0 Å². The summed E-state index contributed by atoms with van der Waals surface area (Å²) < 4.78 is 4.64. The van der Waals surface area contributed by atoms with Crippen molar-refractivity contribution in [2.24, 2.45) is 4.99 Å². The van der Waals surface area contributed by atoms with Gasteiger partial charge >= 0.3 is 0 Å². The zero-order valence-electron chi connectivity index (χ0n) is 22.9. The van der Waals surface area contributed by atoms with E-state index in [1.54, 1.807) is 0 Å². The molecule has 4 heterocycles. The number of nitrogens with zero attached hydrogens (tertiary/aromatic N) is 4. The molecule has 0 radical (unpaired) electrons. The van der Waals surface area contributed by atoms with Crippen LogP contribution in [0.4, 0.5) is 0 Å². The molecule has 198 valence electrons. The molecular weight excluding hydrogens is 512 g/mol. The smallest absolute Gasteiger partial charge is 0.215 e. The molecule has 0 atom stereocenters. The number of allylic oxidation sites excluding steroid dienone is 3. The van der Waals surface area contributed by atoms with E-state index in [1.807, 2.05) is 0 Å². The van der Waals surface area contributed by atoms with Crippen LogP contribution < -0.4 is 0 Å². The van der Waals surface area contributed by atoms with Gasteiger partial charge in [-0.05, 0) is 52.7 Å². The summed E-state index contributed by atoms with van der Waals surface area (Å²) in [5, 5.41) is 6.13. The molecule has 9 rings (SSSR count). The van der Waals surface area contributed by atoms with Gasteiger partial charge in [0.1, 0.15) is 0 Å². The Kier molecular flexibility index (Phi) is 4.93. The van der Waals surface area contributed by atoms with Crippen molar-refractivity contribution in [1.82, 2.24) is 14.0 Å². The fourth-order valence-corrected chi connectivity index (χ4v) is 6.74. The Hall–Kier alpha value is -5.61. The van der Waals surface area contributed by atoms with Crippen molar-refractivity contribution < 1.29 is 0 Å². The molecule has 0 saturated carbocycles. The third-order valence-corrected chi connectivity index (χ3v) is 8.61. The van der Waals surface area contributed by atoms with Crippen LogP contribution >= 0.6 is 0 Å². The van der Waals surface area contributed by atoms with Crippen LogP contribution in [0.25, 0.3) is 54.7 Å². The van der Waals surface area contributed by atoms with Crippen molar-refractivity contribution in [1.29, 1.82) is 0 Å². The number of hydrogen-bond donors (Lipinski definition) is 0. The molecule has 42 heavy (non-hydrogen) atoms. The minimum Gasteiger partial charge on any atom is -0.316 e. The largest absolute Gasteiger partial charge is 0.316 e. The Bertz CT molecular complexity index is 2320. The lowest BCUT2D eigenvalue weighted by Gasteiger charge is -2.34. The Balaban J connectivity index is 1.33. The van der Waals surface area contributed by atoms with Gasteiger partial charge in [-0.15, -0.1) is 0 Å². The molecule has 0 unspecified atom stereocenters. The van der Waals surface area contributed by atoms with E-state index >= 15 is 0 Å². The van der Waals surface area contributed by atoms with Gasteiger partial charge < -0.3 is 9.47 Å². The van der Waals surface area contributed by atoms with E-state index < -0.39 is 0 Å². The van der Waals surface area contributed by atoms with Crippen LogP contribution in [0.5, 0.6) is 0 Å². The number of aliphatic imine (C=N–C) groups is 1. The summed E-state index contributed by atoms with van der Waals surface area (Å²) in [7, 11) is 0. The zero-order valence-corrected chi connectivity index (χ0v) is 22.9. The highest BCUT2D eigenvalue weighted by Gasteiger charge is 2.29. The van der Waals surface area contributed by atoms with Crippen LogP contribution in [0.15, 0.2) is 157 Å². The van der Waals surface area contributed by atoms with Gasteiger partial charge in [-0.2, -0.15) is 0 Å². The second-order valence-corrected chi connectivity index (χ2v) is 10.9. The van der Waals surface area contributed by atoms with Crippen molar-refractivity contribution in [3.63, 3.8) is 0 Å². The lowest BCUT2D eigenvalue weighted by molar-refractivity contribution is 0.562. The average Bonchev–Trinajstić information content (AvgIpc) is 3.64. The quantitative estimate of drug-likeness (QED) is 0.216. The van der Waals surface area contributed by atoms with E-state index in [0.717, 1.165) is 29.3 Å². The summed E-state index contributed by atoms with van der Waals surface area (Å²) in [6.45, 7) is 0.752. The maximum atomic E-state index is 5.25. The summed E-state index contributed by atoms with van der Waals surface area (Å²) in [6, 6.07) is 41.1. The number of aromatic nitrogens is 2. The highest BCUT2D eigenvalue weighted by Crippen LogP contribution is 2.39. The molecule has 2 aromatic heterocycles. The lowest BCUT2D eigenvalue weighted by Crippen LogP contribution is -2.38. The standard InChI is InChI=1S/C38H26N4/c1-2-13-27(14-3-1)40-24-22-32-35(40)21-20-31-30-16-6-7-19-36(30)42(37(31)32)38-39-25-33(34-18-8-9-23-41(34)38)29-17-10-12-26-11-4-5-15-28(26)29/h1-22,24-25H,23H2. The van der Waals surface area contributed by atoms with Gasteiger partial charge in [0, 0.05) is 46.4 Å². The summed E-state index contributed by atoms with van der Waals surface area (Å²) in [6.07, 6.45) is 10.8. The first kappa shape index (κ1) is 23.1. The number of hydrogen-bond acceptors (Lipinski definition) is 2. The highest BCUT2D eigenvalue weighted by atomic mass is 15.3. The summed E-state index contributed by atoms with van der Waals surface area (Å²) >= 11 is 0. The van der Waals surface area contributed by atoms with Crippen LogP contribution in [-0.2, 0) is 0 Å². The molecule has 0 fully saturated rings. The van der Waals surface area contributed by atoms with Crippen LogP contribution in [0.3, 0.4) is 0 Å². The molecule has 0 amide bonds. The number of fused-ring (bicyclic) bond motifs is 7. The fraction of sp³-hybridized carbons (Fsp3) is 0.0263. The molecule has 0 aliphatic carbocycles. The van der Waals surface area contributed by atoms with E-state index in [1.165, 1.54) is 49.2 Å². The van der Waals surface area contributed by atoms with E-state index in [2.05, 4.69) is 160 Å². The number of benzene rings is 5. The molecule has 0 bridgehead atoms.